The van der Waals surface area contributed by atoms with Crippen molar-refractivity contribution in [3.63, 3.8) is 0 Å². The molecule has 3 N–H and O–H groups in total. The fourth-order valence-corrected chi connectivity index (χ4v) is 2.74. The molecule has 1 atom stereocenters. The Kier molecular flexibility index (Phi) is 4.51. The molecule has 2 aromatic heterocycles. The number of nitrogens with zero attached hydrogens (tertiary/aromatic N) is 3. The van der Waals surface area contributed by atoms with Crippen LogP contribution in [0.3, 0.4) is 0 Å². The van der Waals surface area contributed by atoms with Crippen molar-refractivity contribution >= 4 is 0 Å². The Bertz CT molecular complexity index is 818. The van der Waals surface area contributed by atoms with E-state index in [2.05, 4.69) is 45.7 Å². The molecule has 0 saturated heterocycles. The van der Waals surface area contributed by atoms with Gasteiger partial charge in [-0.25, -0.2) is 0 Å². The quantitative estimate of drug-likeness (QED) is 0.648. The van der Waals surface area contributed by atoms with Crippen molar-refractivity contribution in [2.45, 2.75) is 26.0 Å². The van der Waals surface area contributed by atoms with Crippen molar-refractivity contribution in [2.75, 3.05) is 6.54 Å². The van der Waals surface area contributed by atoms with Gasteiger partial charge < -0.3 is 10.4 Å². The Morgan fingerprint density at radius 1 is 1.33 bits per heavy atom. The van der Waals surface area contributed by atoms with Gasteiger partial charge in [0.15, 0.2) is 0 Å². The average Bonchev–Trinajstić information content (AvgIpc) is 3.16. The van der Waals surface area contributed by atoms with E-state index in [1.165, 1.54) is 5.56 Å². The molecule has 0 aliphatic heterocycles. The van der Waals surface area contributed by atoms with Crippen molar-refractivity contribution in [3.8, 4) is 11.3 Å². The highest BCUT2D eigenvalue weighted by molar-refractivity contribution is 5.63. The monoisotopic (exact) mass is 325 g/mol. The van der Waals surface area contributed by atoms with Gasteiger partial charge in [-0.2, -0.15) is 10.2 Å². The second-order valence-corrected chi connectivity index (χ2v) is 6.42. The first kappa shape index (κ1) is 16.4. The molecule has 0 bridgehead atoms. The van der Waals surface area contributed by atoms with Crippen LogP contribution in [0.4, 0.5) is 0 Å². The number of aryl methyl sites for hydroxylation is 2. The maximum absolute atomic E-state index is 10.6. The Morgan fingerprint density at radius 2 is 2.17 bits per heavy atom. The highest BCUT2D eigenvalue weighted by atomic mass is 16.3. The molecule has 0 amide bonds. The number of aliphatic hydroxyl groups is 1. The van der Waals surface area contributed by atoms with Crippen molar-refractivity contribution in [1.29, 1.82) is 0 Å². The van der Waals surface area contributed by atoms with E-state index in [0.29, 0.717) is 13.1 Å². The average molecular weight is 325 g/mol. The molecule has 126 valence electrons. The van der Waals surface area contributed by atoms with Crippen LogP contribution in [-0.4, -0.2) is 31.6 Å². The molecular formula is C18H23N5O. The number of rotatable bonds is 6. The van der Waals surface area contributed by atoms with E-state index in [1.54, 1.807) is 17.8 Å². The van der Waals surface area contributed by atoms with Gasteiger partial charge in [-0.1, -0.05) is 23.8 Å². The van der Waals surface area contributed by atoms with Gasteiger partial charge >= 0.3 is 0 Å². The molecule has 2 heterocycles. The molecule has 0 aliphatic carbocycles. The summed E-state index contributed by atoms with van der Waals surface area (Å²) in [5.41, 5.74) is 4.23. The van der Waals surface area contributed by atoms with Crippen LogP contribution in [0.2, 0.25) is 0 Å². The first-order chi connectivity index (χ1) is 11.5. The third-order valence-electron chi connectivity index (χ3n) is 4.14. The third-order valence-corrected chi connectivity index (χ3v) is 4.14. The second kappa shape index (κ2) is 6.59. The van der Waals surface area contributed by atoms with E-state index >= 15 is 0 Å². The van der Waals surface area contributed by atoms with Crippen LogP contribution < -0.4 is 5.32 Å². The molecule has 0 radical (unpaired) electrons. The van der Waals surface area contributed by atoms with E-state index in [0.717, 1.165) is 22.4 Å². The van der Waals surface area contributed by atoms with E-state index in [9.17, 15) is 5.11 Å². The number of hydrogen-bond donors (Lipinski definition) is 3. The zero-order valence-electron chi connectivity index (χ0n) is 14.2. The lowest BCUT2D eigenvalue weighted by Crippen LogP contribution is -2.34. The highest BCUT2D eigenvalue weighted by Gasteiger charge is 2.24. The van der Waals surface area contributed by atoms with Crippen LogP contribution in [0.5, 0.6) is 0 Å². The predicted molar refractivity (Wildman–Crippen MR) is 93.2 cm³/mol. The van der Waals surface area contributed by atoms with Gasteiger partial charge in [0.1, 0.15) is 5.60 Å². The number of benzene rings is 1. The molecule has 3 rings (SSSR count). The summed E-state index contributed by atoms with van der Waals surface area (Å²) < 4.78 is 1.69. The summed E-state index contributed by atoms with van der Waals surface area (Å²) in [7, 11) is 1.84. The van der Waals surface area contributed by atoms with Crippen LogP contribution in [0, 0.1) is 6.92 Å². The summed E-state index contributed by atoms with van der Waals surface area (Å²) in [5.74, 6) is 0. The molecule has 6 nitrogen and oxygen atoms in total. The molecule has 0 saturated carbocycles. The lowest BCUT2D eigenvalue weighted by molar-refractivity contribution is 0.0566. The summed E-state index contributed by atoms with van der Waals surface area (Å²) in [5, 5.41) is 25.3. The van der Waals surface area contributed by atoms with Crippen LogP contribution in [0.1, 0.15) is 23.6 Å². The van der Waals surface area contributed by atoms with Crippen LogP contribution in [0.25, 0.3) is 11.3 Å². The van der Waals surface area contributed by atoms with Gasteiger partial charge in [0.05, 0.1) is 18.1 Å². The van der Waals surface area contributed by atoms with Gasteiger partial charge in [-0.15, -0.1) is 0 Å². The SMILES string of the molecule is Cc1cccc(-c2[nH]ncc2CNCC(C)(O)c2cnn(C)c2)c1. The lowest BCUT2D eigenvalue weighted by Gasteiger charge is -2.22. The molecule has 24 heavy (non-hydrogen) atoms. The predicted octanol–water partition coefficient (Wildman–Crippen LogP) is 2.12. The molecule has 0 spiro atoms. The summed E-state index contributed by atoms with van der Waals surface area (Å²) in [4.78, 5) is 0. The maximum Gasteiger partial charge on any atom is 0.102 e. The van der Waals surface area contributed by atoms with Crippen LogP contribution >= 0.6 is 0 Å². The number of aromatic nitrogens is 4. The Morgan fingerprint density at radius 3 is 2.88 bits per heavy atom. The molecular weight excluding hydrogens is 302 g/mol. The number of hydrogen-bond acceptors (Lipinski definition) is 4. The smallest absolute Gasteiger partial charge is 0.102 e. The highest BCUT2D eigenvalue weighted by Crippen LogP contribution is 2.23. The molecule has 0 fully saturated rings. The van der Waals surface area contributed by atoms with Crippen LogP contribution in [-0.2, 0) is 19.2 Å². The van der Waals surface area contributed by atoms with E-state index < -0.39 is 5.60 Å². The van der Waals surface area contributed by atoms with Gasteiger partial charge in [0, 0.05) is 43.0 Å². The topological polar surface area (TPSA) is 78.8 Å². The molecule has 1 aromatic carbocycles. The summed E-state index contributed by atoms with van der Waals surface area (Å²) in [6.45, 7) is 4.91. The summed E-state index contributed by atoms with van der Waals surface area (Å²) in [6.07, 6.45) is 5.35. The van der Waals surface area contributed by atoms with E-state index in [4.69, 9.17) is 0 Å². The Hall–Kier alpha value is -2.44. The van der Waals surface area contributed by atoms with E-state index in [-0.39, 0.29) is 0 Å². The second-order valence-electron chi connectivity index (χ2n) is 6.42. The standard InChI is InChI=1S/C18H23N5O/c1-13-5-4-6-14(7-13)17-15(9-20-22-17)8-19-12-18(2,24)16-10-21-23(3)11-16/h4-7,9-11,19,24H,8,12H2,1-3H3,(H,20,22). The summed E-state index contributed by atoms with van der Waals surface area (Å²) >= 11 is 0. The first-order valence-electron chi connectivity index (χ1n) is 7.97. The number of nitrogens with one attached hydrogen (secondary N) is 2. The fourth-order valence-electron chi connectivity index (χ4n) is 2.74. The Balaban J connectivity index is 1.67. The number of aromatic amines is 1. The minimum Gasteiger partial charge on any atom is -0.384 e. The maximum atomic E-state index is 10.6. The van der Waals surface area contributed by atoms with Gasteiger partial charge in [0.25, 0.3) is 0 Å². The molecule has 6 heteroatoms. The minimum atomic E-state index is -0.971. The van der Waals surface area contributed by atoms with Crippen LogP contribution in [0.15, 0.2) is 42.9 Å². The van der Waals surface area contributed by atoms with Gasteiger partial charge in [-0.3, -0.25) is 9.78 Å². The third kappa shape index (κ3) is 3.55. The van der Waals surface area contributed by atoms with Crippen molar-refractivity contribution in [3.05, 3.63) is 59.5 Å². The largest absolute Gasteiger partial charge is 0.384 e. The first-order valence-corrected chi connectivity index (χ1v) is 7.97. The molecule has 1 unspecified atom stereocenters. The van der Waals surface area contributed by atoms with Gasteiger partial charge in [0.2, 0.25) is 0 Å². The van der Waals surface area contributed by atoms with Crippen molar-refractivity contribution in [2.24, 2.45) is 7.05 Å². The number of H-pyrrole nitrogens is 1. The normalized spacial score (nSPS) is 13.8. The zero-order chi connectivity index (χ0) is 17.2. The summed E-state index contributed by atoms with van der Waals surface area (Å²) in [6, 6.07) is 8.30. The zero-order valence-corrected chi connectivity index (χ0v) is 14.2. The molecule has 0 aliphatic rings. The molecule has 3 aromatic rings. The lowest BCUT2D eigenvalue weighted by atomic mass is 9.99. The van der Waals surface area contributed by atoms with E-state index in [1.807, 2.05) is 25.5 Å². The minimum absolute atomic E-state index is 0.428. The van der Waals surface area contributed by atoms with Gasteiger partial charge in [-0.05, 0) is 19.9 Å². The van der Waals surface area contributed by atoms with Crippen molar-refractivity contribution < 1.29 is 5.11 Å². The fraction of sp³-hybridized carbons (Fsp3) is 0.333. The van der Waals surface area contributed by atoms with Crippen molar-refractivity contribution in [1.82, 2.24) is 25.3 Å². The Labute approximate surface area is 141 Å².